The number of aromatic nitrogens is 2. The molecular formula is C18H20Cl3N5O6. The normalized spacial score (nSPS) is 16.3. The summed E-state index contributed by atoms with van der Waals surface area (Å²) in [7, 11) is 0. The SMILES string of the molecule is Cc1ncc([N+](=O)[O-])n1CCOC(=O)N[C@@H](NC[C@H]1COc2ccccc2O1)C(Cl)(Cl)Cl. The van der Waals surface area contributed by atoms with Gasteiger partial charge in [-0.1, -0.05) is 46.9 Å². The summed E-state index contributed by atoms with van der Waals surface area (Å²) in [6.07, 6.45) is -1.24. The molecule has 0 radical (unpaired) electrons. The number of rotatable bonds is 8. The van der Waals surface area contributed by atoms with Crippen molar-refractivity contribution in [2.75, 3.05) is 19.8 Å². The Morgan fingerprint density at radius 3 is 2.81 bits per heavy atom. The lowest BCUT2D eigenvalue weighted by Gasteiger charge is -2.30. The van der Waals surface area contributed by atoms with Crippen molar-refractivity contribution in [3.8, 4) is 11.5 Å². The van der Waals surface area contributed by atoms with Crippen LogP contribution in [0.1, 0.15) is 5.82 Å². The third-order valence-electron chi connectivity index (χ3n) is 4.48. The van der Waals surface area contributed by atoms with Crippen LogP contribution in [-0.4, -0.2) is 56.4 Å². The maximum absolute atomic E-state index is 12.2. The molecule has 1 amide bonds. The third kappa shape index (κ3) is 6.28. The molecule has 0 bridgehead atoms. The highest BCUT2D eigenvalue weighted by Gasteiger charge is 2.35. The number of carbonyl (C=O) groups excluding carboxylic acids is 1. The number of benzene rings is 1. The maximum Gasteiger partial charge on any atom is 0.408 e. The molecule has 1 aromatic heterocycles. The molecule has 174 valence electrons. The van der Waals surface area contributed by atoms with Gasteiger partial charge in [-0.3, -0.25) is 5.32 Å². The fourth-order valence-electron chi connectivity index (χ4n) is 2.93. The predicted octanol–water partition coefficient (Wildman–Crippen LogP) is 2.95. The summed E-state index contributed by atoms with van der Waals surface area (Å²) in [5.41, 5.74) is 0. The summed E-state index contributed by atoms with van der Waals surface area (Å²) >= 11 is 17.9. The number of imidazole rings is 1. The molecule has 2 heterocycles. The molecule has 2 N–H and O–H groups in total. The number of fused-ring (bicyclic) bond motifs is 1. The van der Waals surface area contributed by atoms with Crippen molar-refractivity contribution in [2.45, 2.75) is 29.5 Å². The largest absolute Gasteiger partial charge is 0.486 e. The van der Waals surface area contributed by atoms with E-state index in [4.69, 9.17) is 49.0 Å². The fourth-order valence-corrected chi connectivity index (χ4v) is 3.32. The van der Waals surface area contributed by atoms with Gasteiger partial charge in [-0.25, -0.2) is 14.3 Å². The lowest BCUT2D eigenvalue weighted by molar-refractivity contribution is -0.392. The first kappa shape index (κ1) is 24.2. The zero-order chi connectivity index (χ0) is 23.3. The van der Waals surface area contributed by atoms with Gasteiger partial charge in [0.05, 0.1) is 0 Å². The van der Waals surface area contributed by atoms with Gasteiger partial charge < -0.3 is 29.6 Å². The third-order valence-corrected chi connectivity index (χ3v) is 5.13. The number of nitro groups is 1. The fraction of sp³-hybridized carbons (Fsp3) is 0.444. The van der Waals surface area contributed by atoms with Crippen molar-refractivity contribution >= 4 is 46.7 Å². The maximum atomic E-state index is 12.2. The minimum atomic E-state index is -1.90. The van der Waals surface area contributed by atoms with Crippen LogP contribution in [0.2, 0.25) is 0 Å². The van der Waals surface area contributed by atoms with Crippen LogP contribution in [0.4, 0.5) is 10.6 Å². The predicted molar refractivity (Wildman–Crippen MR) is 117 cm³/mol. The Balaban J connectivity index is 1.50. The van der Waals surface area contributed by atoms with E-state index in [-0.39, 0.29) is 38.2 Å². The molecule has 2 atom stereocenters. The van der Waals surface area contributed by atoms with Crippen LogP contribution in [0, 0.1) is 17.0 Å². The number of ether oxygens (including phenoxy) is 3. The molecule has 1 aliphatic rings. The van der Waals surface area contributed by atoms with Gasteiger partial charge in [0.2, 0.25) is 3.79 Å². The number of alkyl halides is 3. The molecule has 0 spiro atoms. The summed E-state index contributed by atoms with van der Waals surface area (Å²) < 4.78 is 15.9. The Bertz CT molecular complexity index is 967. The Morgan fingerprint density at radius 1 is 1.41 bits per heavy atom. The summed E-state index contributed by atoms with van der Waals surface area (Å²) in [4.78, 5) is 26.5. The summed E-state index contributed by atoms with van der Waals surface area (Å²) in [6, 6.07) is 7.22. The van der Waals surface area contributed by atoms with Gasteiger partial charge in [0.15, 0.2) is 17.3 Å². The highest BCUT2D eigenvalue weighted by atomic mass is 35.6. The molecular weight excluding hydrogens is 489 g/mol. The summed E-state index contributed by atoms with van der Waals surface area (Å²) in [5, 5.41) is 16.3. The van der Waals surface area contributed by atoms with E-state index in [2.05, 4.69) is 15.6 Å². The quantitative estimate of drug-likeness (QED) is 0.241. The number of nitrogens with one attached hydrogen (secondary N) is 2. The van der Waals surface area contributed by atoms with Crippen molar-refractivity contribution in [2.24, 2.45) is 0 Å². The summed E-state index contributed by atoms with van der Waals surface area (Å²) in [6.45, 7) is 1.95. The Morgan fingerprint density at radius 2 is 2.12 bits per heavy atom. The first-order valence-electron chi connectivity index (χ1n) is 9.43. The average Bonchev–Trinajstić information content (AvgIpc) is 3.11. The van der Waals surface area contributed by atoms with Crippen LogP contribution >= 0.6 is 34.8 Å². The zero-order valence-corrected chi connectivity index (χ0v) is 19.1. The second-order valence-electron chi connectivity index (χ2n) is 6.73. The van der Waals surface area contributed by atoms with Crippen molar-refractivity contribution < 1.29 is 23.9 Å². The number of alkyl carbamates (subject to hydrolysis) is 1. The van der Waals surface area contributed by atoms with Crippen molar-refractivity contribution in [3.63, 3.8) is 0 Å². The van der Waals surface area contributed by atoms with Crippen LogP contribution in [-0.2, 0) is 11.3 Å². The van der Waals surface area contributed by atoms with Crippen LogP contribution in [0.25, 0.3) is 0 Å². The van der Waals surface area contributed by atoms with E-state index in [1.807, 2.05) is 12.1 Å². The first-order chi connectivity index (χ1) is 15.1. The van der Waals surface area contributed by atoms with Gasteiger partial charge in [-0.2, -0.15) is 0 Å². The minimum Gasteiger partial charge on any atom is -0.486 e. The van der Waals surface area contributed by atoms with Crippen LogP contribution < -0.4 is 20.1 Å². The Kier molecular flexibility index (Phi) is 7.88. The van der Waals surface area contributed by atoms with Crippen LogP contribution in [0.5, 0.6) is 11.5 Å². The monoisotopic (exact) mass is 507 g/mol. The van der Waals surface area contributed by atoms with Crippen molar-refractivity contribution in [1.29, 1.82) is 0 Å². The van der Waals surface area contributed by atoms with E-state index in [9.17, 15) is 14.9 Å². The minimum absolute atomic E-state index is 0.0358. The number of para-hydroxylation sites is 2. The molecule has 1 aromatic carbocycles. The van der Waals surface area contributed by atoms with E-state index in [0.717, 1.165) is 6.20 Å². The van der Waals surface area contributed by atoms with E-state index >= 15 is 0 Å². The lowest BCUT2D eigenvalue weighted by Crippen LogP contribution is -2.56. The van der Waals surface area contributed by atoms with Crippen molar-refractivity contribution in [1.82, 2.24) is 20.2 Å². The van der Waals surface area contributed by atoms with Crippen molar-refractivity contribution in [3.05, 3.63) is 46.4 Å². The van der Waals surface area contributed by atoms with Gasteiger partial charge in [0, 0.05) is 13.5 Å². The van der Waals surface area contributed by atoms with Gasteiger partial charge in [-0.15, -0.1) is 0 Å². The van der Waals surface area contributed by atoms with Gasteiger partial charge in [0.1, 0.15) is 38.2 Å². The smallest absolute Gasteiger partial charge is 0.408 e. The Labute approximate surface area is 198 Å². The molecule has 11 nitrogen and oxygen atoms in total. The first-order valence-corrected chi connectivity index (χ1v) is 10.6. The van der Waals surface area contributed by atoms with E-state index in [1.54, 1.807) is 19.1 Å². The molecule has 0 unspecified atom stereocenters. The van der Waals surface area contributed by atoms with E-state index in [1.165, 1.54) is 4.57 Å². The molecule has 32 heavy (non-hydrogen) atoms. The Hall–Kier alpha value is -2.47. The molecule has 0 aliphatic carbocycles. The lowest BCUT2D eigenvalue weighted by atomic mass is 10.2. The second kappa shape index (κ2) is 10.4. The molecule has 0 fully saturated rings. The van der Waals surface area contributed by atoms with Gasteiger partial charge in [-0.05, 0) is 17.1 Å². The highest BCUT2D eigenvalue weighted by molar-refractivity contribution is 6.68. The topological polar surface area (TPSA) is 130 Å². The summed E-state index contributed by atoms with van der Waals surface area (Å²) in [5.74, 6) is 1.44. The highest BCUT2D eigenvalue weighted by Crippen LogP contribution is 2.32. The molecule has 2 aromatic rings. The van der Waals surface area contributed by atoms with Crippen LogP contribution in [0.15, 0.2) is 30.5 Å². The van der Waals surface area contributed by atoms with Crippen LogP contribution in [0.3, 0.4) is 0 Å². The molecule has 3 rings (SSSR count). The van der Waals surface area contributed by atoms with Gasteiger partial charge in [0.25, 0.3) is 0 Å². The molecule has 1 aliphatic heterocycles. The number of amides is 1. The number of aryl methyl sites for hydroxylation is 1. The molecule has 0 saturated heterocycles. The average molecular weight is 509 g/mol. The number of hydrogen-bond acceptors (Lipinski definition) is 8. The number of halogens is 3. The zero-order valence-electron chi connectivity index (χ0n) is 16.8. The number of hydrogen-bond donors (Lipinski definition) is 2. The molecule has 14 heteroatoms. The second-order valence-corrected chi connectivity index (χ2v) is 9.10. The number of carbonyl (C=O) groups is 1. The van der Waals surface area contributed by atoms with E-state index in [0.29, 0.717) is 17.3 Å². The van der Waals surface area contributed by atoms with E-state index < -0.39 is 21.0 Å². The van der Waals surface area contributed by atoms with Gasteiger partial charge >= 0.3 is 11.9 Å². The number of nitrogens with zero attached hydrogens (tertiary/aromatic N) is 3. The molecule has 0 saturated carbocycles. The standard InChI is InChI=1S/C18H20Cl3N5O6/c1-11-22-9-15(26(28)29)25(11)6-7-30-17(27)24-16(18(19,20)21)23-8-12-10-31-13-4-2-3-5-14(13)32-12/h2-5,9,12,16,23H,6-8,10H2,1H3,(H,24,27)/t12-,16+/m0/s1.